The highest BCUT2D eigenvalue weighted by atomic mass is 16.6. The number of carbonyl (C=O) groups excluding carboxylic acids is 2. The summed E-state index contributed by atoms with van der Waals surface area (Å²) in [6.45, 7) is 10.5. The van der Waals surface area contributed by atoms with Crippen LogP contribution in [0.2, 0.25) is 0 Å². The first kappa shape index (κ1) is 16.1. The molecule has 0 aromatic carbocycles. The van der Waals surface area contributed by atoms with Crippen LogP contribution in [-0.4, -0.2) is 33.7 Å². The number of hydrogen-bond acceptors (Lipinski definition) is 6. The Morgan fingerprint density at radius 1 is 1.30 bits per heavy atom. The molecule has 112 valence electrons. The van der Waals surface area contributed by atoms with Gasteiger partial charge in [-0.3, -0.25) is 4.79 Å². The maximum atomic E-state index is 12.2. The van der Waals surface area contributed by atoms with Gasteiger partial charge in [0.25, 0.3) is 5.89 Å². The lowest BCUT2D eigenvalue weighted by Gasteiger charge is -2.24. The summed E-state index contributed by atoms with van der Waals surface area (Å²) in [6.07, 6.45) is -0.652. The van der Waals surface area contributed by atoms with E-state index in [0.717, 1.165) is 0 Å². The van der Waals surface area contributed by atoms with E-state index in [1.807, 2.05) is 13.8 Å². The van der Waals surface area contributed by atoms with Crippen LogP contribution in [0.5, 0.6) is 0 Å². The summed E-state index contributed by atoms with van der Waals surface area (Å²) in [5.41, 5.74) is -0.629. The van der Waals surface area contributed by atoms with Crippen LogP contribution < -0.4 is 5.32 Å². The molecular weight excluding hydrogens is 262 g/mol. The van der Waals surface area contributed by atoms with Crippen LogP contribution in [0.4, 0.5) is 4.79 Å². The molecule has 0 aliphatic carbocycles. The van der Waals surface area contributed by atoms with Gasteiger partial charge in [0.05, 0.1) is 0 Å². The van der Waals surface area contributed by atoms with E-state index in [9.17, 15) is 9.59 Å². The Morgan fingerprint density at radius 3 is 2.30 bits per heavy atom. The van der Waals surface area contributed by atoms with Crippen LogP contribution in [0.25, 0.3) is 0 Å². The first-order valence-electron chi connectivity index (χ1n) is 6.44. The molecule has 0 fully saturated rings. The van der Waals surface area contributed by atoms with Crippen molar-refractivity contribution in [3.63, 3.8) is 0 Å². The van der Waals surface area contributed by atoms with Gasteiger partial charge in [0.1, 0.15) is 11.6 Å². The van der Waals surface area contributed by atoms with Gasteiger partial charge in [-0.1, -0.05) is 19.0 Å². The van der Waals surface area contributed by atoms with E-state index in [1.54, 1.807) is 27.7 Å². The number of Topliss-reactive ketones (excluding diaryl/α,β-unsaturated/α-hetero) is 1. The number of carbonyl (C=O) groups is 2. The van der Waals surface area contributed by atoms with Crippen molar-refractivity contribution in [2.24, 2.45) is 5.92 Å². The Bertz CT molecular complexity index is 488. The maximum Gasteiger partial charge on any atom is 0.408 e. The predicted octanol–water partition coefficient (Wildman–Crippen LogP) is 2.11. The highest BCUT2D eigenvalue weighted by molar-refractivity contribution is 5.98. The summed E-state index contributed by atoms with van der Waals surface area (Å²) in [5.74, 6) is -0.306. The Morgan fingerprint density at radius 2 is 1.90 bits per heavy atom. The van der Waals surface area contributed by atoms with Crippen molar-refractivity contribution in [3.8, 4) is 0 Å². The number of nitrogens with zero attached hydrogens (tertiary/aromatic N) is 2. The third kappa shape index (κ3) is 4.64. The number of aromatic nitrogens is 2. The zero-order valence-electron chi connectivity index (χ0n) is 12.7. The monoisotopic (exact) mass is 283 g/mol. The Balaban J connectivity index is 2.80. The summed E-state index contributed by atoms with van der Waals surface area (Å²) in [6, 6.07) is -0.773. The van der Waals surface area contributed by atoms with Crippen LogP contribution in [0, 0.1) is 12.8 Å². The fourth-order valence-corrected chi connectivity index (χ4v) is 1.50. The molecule has 1 aromatic heterocycles. The predicted molar refractivity (Wildman–Crippen MR) is 71.4 cm³/mol. The number of rotatable bonds is 4. The molecule has 1 unspecified atom stereocenters. The SMILES string of the molecule is Cc1noc(C(=O)C(NC(=O)OC(C)(C)C)C(C)C)n1. The van der Waals surface area contributed by atoms with E-state index in [2.05, 4.69) is 15.5 Å². The van der Waals surface area contributed by atoms with Gasteiger partial charge in [0.2, 0.25) is 5.78 Å². The molecule has 0 aliphatic heterocycles. The minimum atomic E-state index is -0.773. The van der Waals surface area contributed by atoms with Crippen LogP contribution in [0.3, 0.4) is 0 Å². The number of amides is 1. The summed E-state index contributed by atoms with van der Waals surface area (Å²) in [7, 11) is 0. The molecule has 1 atom stereocenters. The Hall–Kier alpha value is -1.92. The van der Waals surface area contributed by atoms with E-state index >= 15 is 0 Å². The van der Waals surface area contributed by atoms with E-state index in [0.29, 0.717) is 5.82 Å². The zero-order chi connectivity index (χ0) is 15.5. The molecule has 0 aliphatic rings. The van der Waals surface area contributed by atoms with E-state index in [-0.39, 0.29) is 11.8 Å². The number of hydrogen-bond donors (Lipinski definition) is 1. The second kappa shape index (κ2) is 6.02. The van der Waals surface area contributed by atoms with Crippen molar-refractivity contribution < 1.29 is 18.8 Å². The van der Waals surface area contributed by atoms with E-state index in [1.165, 1.54) is 0 Å². The van der Waals surface area contributed by atoms with Gasteiger partial charge in [-0.15, -0.1) is 0 Å². The number of nitrogens with one attached hydrogen (secondary N) is 1. The molecule has 1 N–H and O–H groups in total. The van der Waals surface area contributed by atoms with Gasteiger partial charge in [0, 0.05) is 0 Å². The molecule has 1 rings (SSSR count). The molecule has 0 radical (unpaired) electrons. The summed E-state index contributed by atoms with van der Waals surface area (Å²) < 4.78 is 9.98. The average molecular weight is 283 g/mol. The normalized spacial score (nSPS) is 13.2. The van der Waals surface area contributed by atoms with Crippen LogP contribution in [0.15, 0.2) is 4.52 Å². The van der Waals surface area contributed by atoms with Gasteiger partial charge in [0.15, 0.2) is 5.82 Å². The number of aryl methyl sites for hydroxylation is 1. The topological polar surface area (TPSA) is 94.3 Å². The number of ether oxygens (including phenoxy) is 1. The zero-order valence-corrected chi connectivity index (χ0v) is 12.7. The second-order valence-electron chi connectivity index (χ2n) is 5.88. The van der Waals surface area contributed by atoms with Crippen molar-refractivity contribution in [1.82, 2.24) is 15.5 Å². The largest absolute Gasteiger partial charge is 0.444 e. The number of ketones is 1. The molecule has 1 heterocycles. The van der Waals surface area contributed by atoms with Crippen LogP contribution in [0.1, 0.15) is 51.1 Å². The van der Waals surface area contributed by atoms with Gasteiger partial charge in [-0.05, 0) is 33.6 Å². The first-order valence-corrected chi connectivity index (χ1v) is 6.44. The summed E-state index contributed by atoms with van der Waals surface area (Å²) >= 11 is 0. The molecule has 7 nitrogen and oxygen atoms in total. The average Bonchev–Trinajstić information content (AvgIpc) is 2.69. The van der Waals surface area contributed by atoms with Gasteiger partial charge in [-0.25, -0.2) is 4.79 Å². The molecule has 0 bridgehead atoms. The third-order valence-corrected chi connectivity index (χ3v) is 2.36. The minimum absolute atomic E-state index is 0.114. The highest BCUT2D eigenvalue weighted by Gasteiger charge is 2.30. The molecule has 7 heteroatoms. The lowest BCUT2D eigenvalue weighted by atomic mass is 10.00. The first-order chi connectivity index (χ1) is 9.10. The number of alkyl carbamates (subject to hydrolysis) is 1. The minimum Gasteiger partial charge on any atom is -0.444 e. The Kier molecular flexibility index (Phi) is 4.86. The molecular formula is C13H21N3O4. The van der Waals surface area contributed by atoms with E-state index < -0.39 is 23.5 Å². The van der Waals surface area contributed by atoms with Crippen molar-refractivity contribution >= 4 is 11.9 Å². The van der Waals surface area contributed by atoms with Gasteiger partial charge >= 0.3 is 6.09 Å². The summed E-state index contributed by atoms with van der Waals surface area (Å²) in [5, 5.41) is 6.11. The lowest BCUT2D eigenvalue weighted by Crippen LogP contribution is -2.46. The van der Waals surface area contributed by atoms with Crippen LogP contribution >= 0.6 is 0 Å². The molecule has 20 heavy (non-hydrogen) atoms. The summed E-state index contributed by atoms with van der Waals surface area (Å²) in [4.78, 5) is 27.9. The second-order valence-corrected chi connectivity index (χ2v) is 5.88. The van der Waals surface area contributed by atoms with Crippen molar-refractivity contribution in [2.75, 3.05) is 0 Å². The molecule has 0 saturated heterocycles. The molecule has 0 spiro atoms. The molecule has 1 aromatic rings. The maximum absolute atomic E-state index is 12.2. The van der Waals surface area contributed by atoms with Gasteiger partial charge < -0.3 is 14.6 Å². The van der Waals surface area contributed by atoms with E-state index in [4.69, 9.17) is 9.26 Å². The smallest absolute Gasteiger partial charge is 0.408 e. The standard InChI is InChI=1S/C13H21N3O4/c1-7(2)9(15-12(18)19-13(4,5)6)10(17)11-14-8(3)16-20-11/h7,9H,1-6H3,(H,15,18). The third-order valence-electron chi connectivity index (χ3n) is 2.36. The molecule has 0 saturated carbocycles. The Labute approximate surface area is 118 Å². The fraction of sp³-hybridized carbons (Fsp3) is 0.692. The van der Waals surface area contributed by atoms with Crippen molar-refractivity contribution in [2.45, 2.75) is 53.2 Å². The molecule has 1 amide bonds. The van der Waals surface area contributed by atoms with Crippen molar-refractivity contribution in [3.05, 3.63) is 11.7 Å². The lowest BCUT2D eigenvalue weighted by molar-refractivity contribution is 0.0471. The van der Waals surface area contributed by atoms with Gasteiger partial charge in [-0.2, -0.15) is 4.98 Å². The highest BCUT2D eigenvalue weighted by Crippen LogP contribution is 2.12. The van der Waals surface area contributed by atoms with Crippen LogP contribution in [-0.2, 0) is 4.74 Å². The fourth-order valence-electron chi connectivity index (χ4n) is 1.50. The van der Waals surface area contributed by atoms with Crippen molar-refractivity contribution in [1.29, 1.82) is 0 Å². The quantitative estimate of drug-likeness (QED) is 0.850.